The highest BCUT2D eigenvalue weighted by atomic mass is 15.3. The van der Waals surface area contributed by atoms with Gasteiger partial charge in [0.05, 0.1) is 17.8 Å². The van der Waals surface area contributed by atoms with E-state index >= 15 is 0 Å². The first-order valence-corrected chi connectivity index (χ1v) is 7.76. The van der Waals surface area contributed by atoms with E-state index in [1.807, 2.05) is 17.1 Å². The number of anilines is 1. The summed E-state index contributed by atoms with van der Waals surface area (Å²) in [5.41, 5.74) is 2.16. The summed E-state index contributed by atoms with van der Waals surface area (Å²) >= 11 is 0. The number of aromatic nitrogens is 6. The van der Waals surface area contributed by atoms with E-state index < -0.39 is 0 Å². The Hall–Kier alpha value is -2.44. The van der Waals surface area contributed by atoms with Crippen LogP contribution in [0.15, 0.2) is 24.9 Å². The summed E-state index contributed by atoms with van der Waals surface area (Å²) in [4.78, 5) is 11.0. The van der Waals surface area contributed by atoms with Gasteiger partial charge in [-0.2, -0.15) is 10.2 Å². The maximum atomic E-state index is 4.46. The van der Waals surface area contributed by atoms with E-state index in [1.54, 1.807) is 6.33 Å². The van der Waals surface area contributed by atoms with Gasteiger partial charge in [-0.1, -0.05) is 0 Å². The third-order valence-corrected chi connectivity index (χ3v) is 4.47. The number of fused-ring (bicyclic) bond motifs is 1. The van der Waals surface area contributed by atoms with Crippen LogP contribution in [0.25, 0.3) is 11.0 Å². The second kappa shape index (κ2) is 5.40. The first-order valence-electron chi connectivity index (χ1n) is 7.76. The Morgan fingerprint density at radius 2 is 2.09 bits per heavy atom. The lowest BCUT2D eigenvalue weighted by Gasteiger charge is -2.32. The van der Waals surface area contributed by atoms with Crippen molar-refractivity contribution in [3.8, 4) is 0 Å². The van der Waals surface area contributed by atoms with Crippen LogP contribution in [0.4, 0.5) is 5.82 Å². The molecule has 0 aliphatic carbocycles. The van der Waals surface area contributed by atoms with Crippen LogP contribution in [0.2, 0.25) is 0 Å². The smallest absolute Gasteiger partial charge is 0.160 e. The molecule has 1 fully saturated rings. The molecule has 7 nitrogen and oxygen atoms in total. The summed E-state index contributed by atoms with van der Waals surface area (Å²) < 4.78 is 2.00. The number of H-pyrrole nitrogens is 1. The number of hydrogen-bond donors (Lipinski definition) is 1. The molecule has 0 bridgehead atoms. The average molecular weight is 297 g/mol. The number of nitrogens with one attached hydrogen (secondary N) is 1. The monoisotopic (exact) mass is 297 g/mol. The highest BCUT2D eigenvalue weighted by Crippen LogP contribution is 2.31. The Morgan fingerprint density at radius 1 is 1.23 bits per heavy atom. The second-order valence-corrected chi connectivity index (χ2v) is 5.72. The van der Waals surface area contributed by atoms with Gasteiger partial charge in [-0.05, 0) is 31.2 Å². The van der Waals surface area contributed by atoms with E-state index in [0.29, 0.717) is 5.92 Å². The number of nitrogens with zero attached hydrogens (tertiary/aromatic N) is 6. The van der Waals surface area contributed by atoms with E-state index in [1.165, 1.54) is 5.56 Å². The van der Waals surface area contributed by atoms with Crippen molar-refractivity contribution < 1.29 is 0 Å². The molecule has 7 heteroatoms. The number of rotatable bonds is 3. The summed E-state index contributed by atoms with van der Waals surface area (Å²) in [7, 11) is 0. The molecule has 1 aliphatic rings. The van der Waals surface area contributed by atoms with E-state index in [-0.39, 0.29) is 0 Å². The summed E-state index contributed by atoms with van der Waals surface area (Å²) in [5, 5.41) is 12.4. The van der Waals surface area contributed by atoms with E-state index in [0.717, 1.165) is 49.3 Å². The van der Waals surface area contributed by atoms with Gasteiger partial charge in [0, 0.05) is 25.8 Å². The van der Waals surface area contributed by atoms with Crippen LogP contribution < -0.4 is 4.90 Å². The molecule has 0 radical (unpaired) electrons. The fourth-order valence-electron chi connectivity index (χ4n) is 3.19. The van der Waals surface area contributed by atoms with E-state index in [9.17, 15) is 0 Å². The van der Waals surface area contributed by atoms with Crippen LogP contribution in [0, 0.1) is 0 Å². The number of aryl methyl sites for hydroxylation is 1. The molecule has 4 rings (SSSR count). The van der Waals surface area contributed by atoms with Gasteiger partial charge in [0.2, 0.25) is 0 Å². The molecule has 0 saturated carbocycles. The Kier molecular flexibility index (Phi) is 3.25. The van der Waals surface area contributed by atoms with Gasteiger partial charge in [0.25, 0.3) is 0 Å². The maximum absolute atomic E-state index is 4.46. The molecule has 114 valence electrons. The van der Waals surface area contributed by atoms with Gasteiger partial charge in [0.1, 0.15) is 12.1 Å². The topological polar surface area (TPSA) is 75.5 Å². The molecule has 0 aromatic carbocycles. The largest absolute Gasteiger partial charge is 0.356 e. The predicted octanol–water partition coefficient (Wildman–Crippen LogP) is 1.95. The summed E-state index contributed by atoms with van der Waals surface area (Å²) in [6.07, 6.45) is 9.86. The molecular formula is C15H19N7. The van der Waals surface area contributed by atoms with Gasteiger partial charge in [-0.15, -0.1) is 0 Å². The van der Waals surface area contributed by atoms with Crippen molar-refractivity contribution in [1.29, 1.82) is 0 Å². The molecule has 0 unspecified atom stereocenters. The van der Waals surface area contributed by atoms with Crippen molar-refractivity contribution in [1.82, 2.24) is 29.9 Å². The molecule has 0 amide bonds. The quantitative estimate of drug-likeness (QED) is 0.799. The van der Waals surface area contributed by atoms with Gasteiger partial charge in [-0.25, -0.2) is 9.97 Å². The standard InChI is InChI=1S/C15H19N7/c1-2-22-9-12(7-19-22)11-3-5-21(6-4-11)15-13-8-18-20-14(13)16-10-17-15/h7-11H,2-6H2,1H3,(H,16,17,18,20). The van der Waals surface area contributed by atoms with Crippen molar-refractivity contribution in [3.63, 3.8) is 0 Å². The molecular weight excluding hydrogens is 278 g/mol. The van der Waals surface area contributed by atoms with Gasteiger partial charge < -0.3 is 4.90 Å². The number of hydrogen-bond acceptors (Lipinski definition) is 5. The number of piperidine rings is 1. The van der Waals surface area contributed by atoms with Crippen LogP contribution in [-0.4, -0.2) is 43.0 Å². The van der Waals surface area contributed by atoms with Crippen molar-refractivity contribution in [2.45, 2.75) is 32.2 Å². The lowest BCUT2D eigenvalue weighted by atomic mass is 9.91. The Bertz CT molecular complexity index is 767. The minimum atomic E-state index is 0.596. The molecule has 3 aromatic heterocycles. The Balaban J connectivity index is 1.51. The van der Waals surface area contributed by atoms with Gasteiger partial charge in [-0.3, -0.25) is 9.78 Å². The molecule has 3 aromatic rings. The first-order chi connectivity index (χ1) is 10.8. The maximum Gasteiger partial charge on any atom is 0.160 e. The predicted molar refractivity (Wildman–Crippen MR) is 83.8 cm³/mol. The minimum absolute atomic E-state index is 0.596. The average Bonchev–Trinajstić information content (AvgIpc) is 3.23. The third kappa shape index (κ3) is 2.22. The summed E-state index contributed by atoms with van der Waals surface area (Å²) in [5.74, 6) is 1.58. The summed E-state index contributed by atoms with van der Waals surface area (Å²) in [6, 6.07) is 0. The second-order valence-electron chi connectivity index (χ2n) is 5.72. The fraction of sp³-hybridized carbons (Fsp3) is 0.467. The fourth-order valence-corrected chi connectivity index (χ4v) is 3.19. The normalized spacial score (nSPS) is 16.5. The van der Waals surface area contributed by atoms with E-state index in [2.05, 4.69) is 43.3 Å². The molecule has 1 N–H and O–H groups in total. The van der Waals surface area contributed by atoms with Gasteiger partial charge >= 0.3 is 0 Å². The Labute approximate surface area is 128 Å². The molecule has 22 heavy (non-hydrogen) atoms. The molecule has 1 saturated heterocycles. The molecule has 0 spiro atoms. The zero-order valence-electron chi connectivity index (χ0n) is 12.6. The molecule has 4 heterocycles. The van der Waals surface area contributed by atoms with Crippen LogP contribution in [0.5, 0.6) is 0 Å². The van der Waals surface area contributed by atoms with E-state index in [4.69, 9.17) is 0 Å². The van der Waals surface area contributed by atoms with Crippen molar-refractivity contribution >= 4 is 16.9 Å². The van der Waals surface area contributed by atoms with Crippen molar-refractivity contribution in [3.05, 3.63) is 30.5 Å². The van der Waals surface area contributed by atoms with Crippen molar-refractivity contribution in [2.24, 2.45) is 0 Å². The lowest BCUT2D eigenvalue weighted by molar-refractivity contribution is 0.503. The third-order valence-electron chi connectivity index (χ3n) is 4.47. The summed E-state index contributed by atoms with van der Waals surface area (Å²) in [6.45, 7) is 5.04. The van der Waals surface area contributed by atoms with Crippen LogP contribution >= 0.6 is 0 Å². The molecule has 0 atom stereocenters. The van der Waals surface area contributed by atoms with Gasteiger partial charge in [0.15, 0.2) is 5.65 Å². The minimum Gasteiger partial charge on any atom is -0.356 e. The highest BCUT2D eigenvalue weighted by Gasteiger charge is 2.23. The van der Waals surface area contributed by atoms with Crippen LogP contribution in [0.3, 0.4) is 0 Å². The zero-order chi connectivity index (χ0) is 14.9. The Morgan fingerprint density at radius 3 is 2.86 bits per heavy atom. The van der Waals surface area contributed by atoms with Crippen LogP contribution in [-0.2, 0) is 6.54 Å². The molecule has 1 aliphatic heterocycles. The number of aromatic amines is 1. The zero-order valence-corrected chi connectivity index (χ0v) is 12.6. The highest BCUT2D eigenvalue weighted by molar-refractivity contribution is 5.86. The lowest BCUT2D eigenvalue weighted by Crippen LogP contribution is -2.33. The van der Waals surface area contributed by atoms with Crippen molar-refractivity contribution in [2.75, 3.05) is 18.0 Å². The van der Waals surface area contributed by atoms with Crippen LogP contribution in [0.1, 0.15) is 31.2 Å². The first kappa shape index (κ1) is 13.2. The SMILES string of the molecule is CCn1cc(C2CCN(c3ncnc4[nH]ncc34)CC2)cn1.